The summed E-state index contributed by atoms with van der Waals surface area (Å²) >= 11 is 0. The van der Waals surface area contributed by atoms with Crippen LogP contribution in [0.3, 0.4) is 0 Å². The van der Waals surface area contributed by atoms with Crippen LogP contribution in [0.4, 0.5) is 0 Å². The maximum absolute atomic E-state index is 12.0. The fraction of sp³-hybridized carbons (Fsp3) is 0.909. The first-order chi connectivity index (χ1) is 6.43. The smallest absolute Gasteiger partial charge is 0.227 e. The monoisotopic (exact) mass is 198 g/mol. The molecule has 82 valence electrons. The molecule has 1 amide bonds. The molecule has 4 atom stereocenters. The molecule has 1 aliphatic heterocycles. The van der Waals surface area contributed by atoms with Gasteiger partial charge in [0.2, 0.25) is 5.91 Å². The molecule has 1 fully saturated rings. The Balaban J connectivity index is 2.61. The van der Waals surface area contributed by atoms with Gasteiger partial charge < -0.3 is 10.6 Å². The van der Waals surface area contributed by atoms with E-state index in [1.54, 1.807) is 0 Å². The average molecular weight is 198 g/mol. The van der Waals surface area contributed by atoms with Crippen molar-refractivity contribution in [3.8, 4) is 0 Å². The SMILES string of the molecule is CC1CC(C)N(C(=O)C(C)C(C)N)C1. The third kappa shape index (κ3) is 2.27. The first-order valence-corrected chi connectivity index (χ1v) is 5.49. The lowest BCUT2D eigenvalue weighted by Crippen LogP contribution is -2.43. The Hall–Kier alpha value is -0.570. The van der Waals surface area contributed by atoms with Crippen LogP contribution >= 0.6 is 0 Å². The summed E-state index contributed by atoms with van der Waals surface area (Å²) in [4.78, 5) is 14.0. The summed E-state index contributed by atoms with van der Waals surface area (Å²) in [5, 5.41) is 0. The van der Waals surface area contributed by atoms with E-state index in [4.69, 9.17) is 5.73 Å². The van der Waals surface area contributed by atoms with E-state index in [9.17, 15) is 4.79 Å². The molecule has 0 aromatic rings. The lowest BCUT2D eigenvalue weighted by atomic mass is 10.0. The summed E-state index contributed by atoms with van der Waals surface area (Å²) < 4.78 is 0. The molecule has 0 aromatic carbocycles. The van der Waals surface area contributed by atoms with Crippen LogP contribution in [0.5, 0.6) is 0 Å². The minimum absolute atomic E-state index is 0.0504. The largest absolute Gasteiger partial charge is 0.339 e. The Morgan fingerprint density at radius 2 is 2.00 bits per heavy atom. The fourth-order valence-electron chi connectivity index (χ4n) is 2.09. The van der Waals surface area contributed by atoms with Crippen LogP contribution in [0.2, 0.25) is 0 Å². The van der Waals surface area contributed by atoms with Crippen molar-refractivity contribution >= 4 is 5.91 Å². The first kappa shape index (κ1) is 11.5. The quantitative estimate of drug-likeness (QED) is 0.725. The highest BCUT2D eigenvalue weighted by Crippen LogP contribution is 2.24. The van der Waals surface area contributed by atoms with Gasteiger partial charge in [0.1, 0.15) is 0 Å². The maximum Gasteiger partial charge on any atom is 0.227 e. The maximum atomic E-state index is 12.0. The van der Waals surface area contributed by atoms with Crippen LogP contribution in [0.15, 0.2) is 0 Å². The lowest BCUT2D eigenvalue weighted by molar-refractivity contribution is -0.136. The molecule has 2 N–H and O–H groups in total. The van der Waals surface area contributed by atoms with Gasteiger partial charge in [0.05, 0.1) is 5.92 Å². The molecule has 0 saturated carbocycles. The summed E-state index contributed by atoms with van der Waals surface area (Å²) in [6.45, 7) is 9.03. The molecule has 1 saturated heterocycles. The summed E-state index contributed by atoms with van der Waals surface area (Å²) in [7, 11) is 0. The van der Waals surface area contributed by atoms with Gasteiger partial charge in [0.15, 0.2) is 0 Å². The van der Waals surface area contributed by atoms with Crippen molar-refractivity contribution in [3.05, 3.63) is 0 Å². The Bertz CT molecular complexity index is 215. The van der Waals surface area contributed by atoms with E-state index in [0.29, 0.717) is 12.0 Å². The van der Waals surface area contributed by atoms with E-state index >= 15 is 0 Å². The Labute approximate surface area is 86.6 Å². The Kier molecular flexibility index (Phi) is 3.53. The zero-order valence-electron chi connectivity index (χ0n) is 9.66. The molecular weight excluding hydrogens is 176 g/mol. The number of hydrogen-bond acceptors (Lipinski definition) is 2. The standard InChI is InChI=1S/C11H22N2O/c1-7-5-8(2)13(6-7)11(14)9(3)10(4)12/h7-10H,5-6,12H2,1-4H3. The van der Waals surface area contributed by atoms with Crippen molar-refractivity contribution in [1.29, 1.82) is 0 Å². The average Bonchev–Trinajstić information content (AvgIpc) is 2.42. The predicted octanol–water partition coefficient (Wildman–Crippen LogP) is 1.23. The van der Waals surface area contributed by atoms with Crippen LogP contribution in [-0.4, -0.2) is 29.4 Å². The van der Waals surface area contributed by atoms with E-state index in [1.165, 1.54) is 0 Å². The molecule has 1 aliphatic rings. The second-order valence-electron chi connectivity index (χ2n) is 4.83. The first-order valence-electron chi connectivity index (χ1n) is 5.49. The van der Waals surface area contributed by atoms with E-state index in [1.807, 2.05) is 18.7 Å². The van der Waals surface area contributed by atoms with Crippen molar-refractivity contribution in [3.63, 3.8) is 0 Å². The summed E-state index contributed by atoms with van der Waals surface area (Å²) in [5.74, 6) is 0.800. The third-order valence-electron chi connectivity index (χ3n) is 3.25. The van der Waals surface area contributed by atoms with E-state index in [2.05, 4.69) is 13.8 Å². The van der Waals surface area contributed by atoms with E-state index in [0.717, 1.165) is 13.0 Å². The summed E-state index contributed by atoms with van der Waals surface area (Å²) in [5.41, 5.74) is 5.74. The van der Waals surface area contributed by atoms with Gasteiger partial charge in [-0.05, 0) is 26.2 Å². The van der Waals surface area contributed by atoms with Gasteiger partial charge in [-0.15, -0.1) is 0 Å². The number of nitrogens with two attached hydrogens (primary N) is 1. The second-order valence-corrected chi connectivity index (χ2v) is 4.83. The topological polar surface area (TPSA) is 46.3 Å². The minimum Gasteiger partial charge on any atom is -0.339 e. The van der Waals surface area contributed by atoms with Crippen molar-refractivity contribution in [1.82, 2.24) is 4.90 Å². The molecule has 3 nitrogen and oxygen atoms in total. The zero-order chi connectivity index (χ0) is 10.9. The Morgan fingerprint density at radius 3 is 2.36 bits per heavy atom. The van der Waals surface area contributed by atoms with Gasteiger partial charge in [0.25, 0.3) is 0 Å². The van der Waals surface area contributed by atoms with Crippen LogP contribution in [0.25, 0.3) is 0 Å². The fourth-order valence-corrected chi connectivity index (χ4v) is 2.09. The molecule has 0 spiro atoms. The van der Waals surface area contributed by atoms with Gasteiger partial charge in [-0.2, -0.15) is 0 Å². The van der Waals surface area contributed by atoms with Crippen molar-refractivity contribution in [2.24, 2.45) is 17.6 Å². The van der Waals surface area contributed by atoms with Crippen LogP contribution in [0.1, 0.15) is 34.1 Å². The molecule has 3 heteroatoms. The highest BCUT2D eigenvalue weighted by atomic mass is 16.2. The van der Waals surface area contributed by atoms with Gasteiger partial charge in [0, 0.05) is 18.6 Å². The minimum atomic E-state index is -0.0530. The molecule has 14 heavy (non-hydrogen) atoms. The molecule has 0 radical (unpaired) electrons. The van der Waals surface area contributed by atoms with Gasteiger partial charge >= 0.3 is 0 Å². The number of carbonyl (C=O) groups is 1. The van der Waals surface area contributed by atoms with E-state index in [-0.39, 0.29) is 17.9 Å². The number of carbonyl (C=O) groups excluding carboxylic acids is 1. The number of amides is 1. The van der Waals surface area contributed by atoms with Crippen LogP contribution < -0.4 is 5.73 Å². The van der Waals surface area contributed by atoms with E-state index < -0.39 is 0 Å². The van der Waals surface area contributed by atoms with Gasteiger partial charge in [-0.1, -0.05) is 13.8 Å². The zero-order valence-corrected chi connectivity index (χ0v) is 9.66. The predicted molar refractivity (Wildman–Crippen MR) is 57.8 cm³/mol. The number of likely N-dealkylation sites (tertiary alicyclic amines) is 1. The lowest BCUT2D eigenvalue weighted by Gasteiger charge is -2.26. The molecule has 0 aromatic heterocycles. The molecule has 4 unspecified atom stereocenters. The molecule has 0 bridgehead atoms. The highest BCUT2D eigenvalue weighted by molar-refractivity contribution is 5.79. The molecule has 1 heterocycles. The number of rotatable bonds is 2. The number of nitrogens with zero attached hydrogens (tertiary/aromatic N) is 1. The summed E-state index contributed by atoms with van der Waals surface area (Å²) in [6, 6.07) is 0.337. The summed E-state index contributed by atoms with van der Waals surface area (Å²) in [6.07, 6.45) is 1.12. The Morgan fingerprint density at radius 1 is 1.43 bits per heavy atom. The number of hydrogen-bond donors (Lipinski definition) is 1. The van der Waals surface area contributed by atoms with Crippen LogP contribution in [0, 0.1) is 11.8 Å². The van der Waals surface area contributed by atoms with Crippen molar-refractivity contribution in [2.75, 3.05) is 6.54 Å². The van der Waals surface area contributed by atoms with Crippen LogP contribution in [-0.2, 0) is 4.79 Å². The molecule has 0 aliphatic carbocycles. The van der Waals surface area contributed by atoms with Gasteiger partial charge in [-0.3, -0.25) is 4.79 Å². The van der Waals surface area contributed by atoms with Gasteiger partial charge in [-0.25, -0.2) is 0 Å². The normalized spacial score (nSPS) is 31.6. The van der Waals surface area contributed by atoms with Crippen molar-refractivity contribution in [2.45, 2.75) is 46.2 Å². The second kappa shape index (κ2) is 4.30. The third-order valence-corrected chi connectivity index (χ3v) is 3.25. The van der Waals surface area contributed by atoms with Crippen molar-refractivity contribution < 1.29 is 4.79 Å². The molecule has 1 rings (SSSR count). The highest BCUT2D eigenvalue weighted by Gasteiger charge is 2.33. The molecular formula is C11H22N2O.